The van der Waals surface area contributed by atoms with Gasteiger partial charge < -0.3 is 10.2 Å². The minimum absolute atomic E-state index is 0.201. The van der Waals surface area contributed by atoms with E-state index in [4.69, 9.17) is 0 Å². The van der Waals surface area contributed by atoms with Gasteiger partial charge in [0.15, 0.2) is 0 Å². The standard InChI is InChI=1S/C10H22O2/c1-6-8(11)9(2,3)7-10(4,5)12/h8,11-12H,6-7H2,1-5H3. The summed E-state index contributed by atoms with van der Waals surface area (Å²) in [5.41, 5.74) is -0.896. The van der Waals surface area contributed by atoms with Gasteiger partial charge in [-0.05, 0) is 32.1 Å². The fourth-order valence-electron chi connectivity index (χ4n) is 1.79. The second-order valence-corrected chi connectivity index (χ2v) is 4.90. The first kappa shape index (κ1) is 11.9. The Morgan fingerprint density at radius 3 is 1.83 bits per heavy atom. The average Bonchev–Trinajstić information content (AvgIpc) is 1.80. The topological polar surface area (TPSA) is 40.5 Å². The van der Waals surface area contributed by atoms with Gasteiger partial charge in [0.2, 0.25) is 0 Å². The van der Waals surface area contributed by atoms with Crippen molar-refractivity contribution in [2.75, 3.05) is 0 Å². The molecule has 12 heavy (non-hydrogen) atoms. The molecule has 0 aromatic carbocycles. The number of hydrogen-bond donors (Lipinski definition) is 2. The van der Waals surface area contributed by atoms with Crippen molar-refractivity contribution in [2.24, 2.45) is 5.41 Å². The molecule has 0 aliphatic heterocycles. The van der Waals surface area contributed by atoms with Gasteiger partial charge in [-0.25, -0.2) is 0 Å². The highest BCUT2D eigenvalue weighted by Crippen LogP contribution is 2.32. The Hall–Kier alpha value is -0.0800. The summed E-state index contributed by atoms with van der Waals surface area (Å²) in [6, 6.07) is 0. The fourth-order valence-corrected chi connectivity index (χ4v) is 1.79. The maximum absolute atomic E-state index is 9.64. The van der Waals surface area contributed by atoms with Gasteiger partial charge in [-0.15, -0.1) is 0 Å². The van der Waals surface area contributed by atoms with Crippen LogP contribution in [0.2, 0.25) is 0 Å². The molecule has 0 aromatic rings. The first-order chi connectivity index (χ1) is 5.19. The van der Waals surface area contributed by atoms with Crippen LogP contribution < -0.4 is 0 Å². The van der Waals surface area contributed by atoms with Gasteiger partial charge in [-0.1, -0.05) is 20.8 Å². The molecule has 0 saturated carbocycles. The van der Waals surface area contributed by atoms with Crippen molar-refractivity contribution >= 4 is 0 Å². The quantitative estimate of drug-likeness (QED) is 0.684. The molecule has 0 aromatic heterocycles. The van der Waals surface area contributed by atoms with Gasteiger partial charge in [0, 0.05) is 0 Å². The Morgan fingerprint density at radius 1 is 1.17 bits per heavy atom. The highest BCUT2D eigenvalue weighted by Gasteiger charge is 2.32. The Kier molecular flexibility index (Phi) is 3.73. The summed E-state index contributed by atoms with van der Waals surface area (Å²) in [6.07, 6.45) is 1.03. The van der Waals surface area contributed by atoms with E-state index in [0.717, 1.165) is 6.42 Å². The van der Waals surface area contributed by atoms with Crippen LogP contribution in [0.1, 0.15) is 47.5 Å². The van der Waals surface area contributed by atoms with Gasteiger partial charge in [0.1, 0.15) is 0 Å². The van der Waals surface area contributed by atoms with Crippen LogP contribution in [0.25, 0.3) is 0 Å². The zero-order valence-corrected chi connectivity index (χ0v) is 8.89. The van der Waals surface area contributed by atoms with Crippen LogP contribution in [0.5, 0.6) is 0 Å². The zero-order chi connectivity index (χ0) is 9.99. The summed E-state index contributed by atoms with van der Waals surface area (Å²) < 4.78 is 0. The second kappa shape index (κ2) is 3.75. The molecule has 0 bridgehead atoms. The van der Waals surface area contributed by atoms with E-state index in [0.29, 0.717) is 6.42 Å². The van der Waals surface area contributed by atoms with Gasteiger partial charge >= 0.3 is 0 Å². The molecule has 0 saturated heterocycles. The second-order valence-electron chi connectivity index (χ2n) is 4.90. The molecule has 2 heteroatoms. The lowest BCUT2D eigenvalue weighted by Gasteiger charge is -2.35. The van der Waals surface area contributed by atoms with E-state index in [1.165, 1.54) is 0 Å². The van der Waals surface area contributed by atoms with Crippen molar-refractivity contribution in [2.45, 2.75) is 59.2 Å². The molecule has 0 spiro atoms. The fraction of sp³-hybridized carbons (Fsp3) is 1.00. The monoisotopic (exact) mass is 174 g/mol. The molecule has 0 amide bonds. The molecule has 0 aliphatic carbocycles. The molecular formula is C10H22O2. The first-order valence-corrected chi connectivity index (χ1v) is 4.59. The highest BCUT2D eigenvalue weighted by atomic mass is 16.3. The normalized spacial score (nSPS) is 16.2. The molecule has 2 nitrogen and oxygen atoms in total. The summed E-state index contributed by atoms with van der Waals surface area (Å²) in [7, 11) is 0. The van der Waals surface area contributed by atoms with Gasteiger partial charge in [-0.2, -0.15) is 0 Å². The lowest BCUT2D eigenvalue weighted by atomic mass is 9.76. The maximum Gasteiger partial charge on any atom is 0.0597 e. The molecule has 1 atom stereocenters. The van der Waals surface area contributed by atoms with Crippen LogP contribution in [0, 0.1) is 5.41 Å². The zero-order valence-electron chi connectivity index (χ0n) is 8.89. The molecule has 0 rings (SSSR count). The Balaban J connectivity index is 4.22. The lowest BCUT2D eigenvalue weighted by Crippen LogP contribution is -2.36. The van der Waals surface area contributed by atoms with Crippen molar-refractivity contribution in [1.29, 1.82) is 0 Å². The van der Waals surface area contributed by atoms with Crippen molar-refractivity contribution < 1.29 is 10.2 Å². The van der Waals surface area contributed by atoms with E-state index in [-0.39, 0.29) is 11.5 Å². The Morgan fingerprint density at radius 2 is 1.58 bits per heavy atom. The summed E-state index contributed by atoms with van der Waals surface area (Å²) in [5, 5.41) is 19.2. The minimum Gasteiger partial charge on any atom is -0.393 e. The van der Waals surface area contributed by atoms with E-state index in [1.54, 1.807) is 13.8 Å². The first-order valence-electron chi connectivity index (χ1n) is 4.59. The molecule has 1 unspecified atom stereocenters. The van der Waals surface area contributed by atoms with E-state index < -0.39 is 5.60 Å². The molecule has 0 heterocycles. The number of aliphatic hydroxyl groups is 2. The summed E-state index contributed by atoms with van der Waals surface area (Å²) in [4.78, 5) is 0. The van der Waals surface area contributed by atoms with E-state index in [9.17, 15) is 10.2 Å². The summed E-state index contributed by atoms with van der Waals surface area (Å²) in [5.74, 6) is 0. The number of aliphatic hydroxyl groups excluding tert-OH is 1. The van der Waals surface area contributed by atoms with Crippen LogP contribution in [-0.4, -0.2) is 21.9 Å². The maximum atomic E-state index is 9.64. The van der Waals surface area contributed by atoms with Crippen LogP contribution in [0.3, 0.4) is 0 Å². The van der Waals surface area contributed by atoms with Gasteiger partial charge in [0.25, 0.3) is 0 Å². The summed E-state index contributed by atoms with van der Waals surface area (Å²) >= 11 is 0. The summed E-state index contributed by atoms with van der Waals surface area (Å²) in [6.45, 7) is 9.48. The van der Waals surface area contributed by atoms with Crippen molar-refractivity contribution in [3.63, 3.8) is 0 Å². The lowest BCUT2D eigenvalue weighted by molar-refractivity contribution is -0.0284. The number of rotatable bonds is 4. The smallest absolute Gasteiger partial charge is 0.0597 e. The third-order valence-corrected chi connectivity index (χ3v) is 2.18. The van der Waals surface area contributed by atoms with Gasteiger partial charge in [-0.3, -0.25) is 0 Å². The predicted octanol–water partition coefficient (Wildman–Crippen LogP) is 1.94. The molecule has 0 radical (unpaired) electrons. The molecule has 2 N–H and O–H groups in total. The van der Waals surface area contributed by atoms with Crippen molar-refractivity contribution in [1.82, 2.24) is 0 Å². The van der Waals surface area contributed by atoms with Crippen molar-refractivity contribution in [3.8, 4) is 0 Å². The molecule has 74 valence electrons. The molecular weight excluding hydrogens is 152 g/mol. The highest BCUT2D eigenvalue weighted by molar-refractivity contribution is 4.83. The van der Waals surface area contributed by atoms with E-state index >= 15 is 0 Å². The van der Waals surface area contributed by atoms with Crippen LogP contribution in [-0.2, 0) is 0 Å². The molecule has 0 aliphatic rings. The van der Waals surface area contributed by atoms with Gasteiger partial charge in [0.05, 0.1) is 11.7 Å². The van der Waals surface area contributed by atoms with E-state index in [1.807, 2.05) is 20.8 Å². The van der Waals surface area contributed by atoms with E-state index in [2.05, 4.69) is 0 Å². The van der Waals surface area contributed by atoms with Crippen LogP contribution in [0.15, 0.2) is 0 Å². The Labute approximate surface area is 75.6 Å². The van der Waals surface area contributed by atoms with Crippen LogP contribution >= 0.6 is 0 Å². The largest absolute Gasteiger partial charge is 0.393 e. The molecule has 0 fully saturated rings. The number of hydrogen-bond acceptors (Lipinski definition) is 2. The minimum atomic E-state index is -0.695. The SMILES string of the molecule is CCC(O)C(C)(C)CC(C)(C)O. The average molecular weight is 174 g/mol. The predicted molar refractivity (Wildman–Crippen MR) is 51.0 cm³/mol. The third-order valence-electron chi connectivity index (χ3n) is 2.18. The van der Waals surface area contributed by atoms with Crippen molar-refractivity contribution in [3.05, 3.63) is 0 Å². The Bertz CT molecular complexity index is 133. The van der Waals surface area contributed by atoms with Crippen LogP contribution in [0.4, 0.5) is 0 Å². The third kappa shape index (κ3) is 4.07.